The van der Waals surface area contributed by atoms with Gasteiger partial charge in [-0.3, -0.25) is 0 Å². The van der Waals surface area contributed by atoms with Crippen LogP contribution in [-0.4, -0.2) is 15.1 Å². The highest BCUT2D eigenvalue weighted by atomic mass is 32.2. The van der Waals surface area contributed by atoms with E-state index in [1.165, 1.54) is 12.1 Å². The van der Waals surface area contributed by atoms with Crippen LogP contribution in [0.2, 0.25) is 0 Å². The number of halogens is 1. The van der Waals surface area contributed by atoms with Crippen molar-refractivity contribution in [2.75, 3.05) is 0 Å². The molecular formula is C14H15FN2OS. The summed E-state index contributed by atoms with van der Waals surface area (Å²) in [4.78, 5) is 9.56. The molecule has 0 aliphatic carbocycles. The van der Waals surface area contributed by atoms with E-state index in [0.29, 0.717) is 11.6 Å². The van der Waals surface area contributed by atoms with Crippen molar-refractivity contribution < 1.29 is 9.50 Å². The Morgan fingerprint density at radius 1 is 1.32 bits per heavy atom. The number of aliphatic hydroxyl groups is 1. The van der Waals surface area contributed by atoms with Crippen LogP contribution in [0.4, 0.5) is 4.39 Å². The van der Waals surface area contributed by atoms with Crippen molar-refractivity contribution in [3.05, 3.63) is 53.4 Å². The first-order valence-corrected chi connectivity index (χ1v) is 6.93. The Bertz CT molecular complexity index is 558. The molecule has 0 fully saturated rings. The molecule has 0 saturated heterocycles. The van der Waals surface area contributed by atoms with Crippen LogP contribution < -0.4 is 0 Å². The van der Waals surface area contributed by atoms with E-state index in [1.54, 1.807) is 37.0 Å². The first-order chi connectivity index (χ1) is 9.06. The number of hydrogen-bond acceptors (Lipinski definition) is 4. The summed E-state index contributed by atoms with van der Waals surface area (Å²) in [5, 5.41) is 9.51. The van der Waals surface area contributed by atoms with Gasteiger partial charge in [-0.25, -0.2) is 14.4 Å². The Kier molecular flexibility index (Phi) is 4.50. The summed E-state index contributed by atoms with van der Waals surface area (Å²) in [6, 6.07) is 6.34. The third-order valence-electron chi connectivity index (χ3n) is 2.70. The van der Waals surface area contributed by atoms with E-state index in [4.69, 9.17) is 0 Å². The van der Waals surface area contributed by atoms with Crippen molar-refractivity contribution in [1.82, 2.24) is 9.97 Å². The Morgan fingerprint density at radius 2 is 2.00 bits per heavy atom. The van der Waals surface area contributed by atoms with Crippen LogP contribution in [0.5, 0.6) is 0 Å². The minimum atomic E-state index is -0.557. The van der Waals surface area contributed by atoms with Crippen LogP contribution in [-0.2, 0) is 5.75 Å². The number of benzene rings is 1. The molecule has 19 heavy (non-hydrogen) atoms. The normalized spacial score (nSPS) is 12.4. The van der Waals surface area contributed by atoms with Crippen molar-refractivity contribution in [1.29, 1.82) is 0 Å². The standard InChI is InChI=1S/C14H15FN2OS/c1-9-13(10(2)18)7-16-14(17-9)8-19-12-5-3-11(15)4-6-12/h3-7,10,18H,8H2,1-2H3/t10-/m1/s1. The van der Waals surface area contributed by atoms with Gasteiger partial charge >= 0.3 is 0 Å². The lowest BCUT2D eigenvalue weighted by molar-refractivity contribution is 0.197. The number of aromatic nitrogens is 2. The second-order valence-corrected chi connectivity index (χ2v) is 5.29. The van der Waals surface area contributed by atoms with Crippen LogP contribution >= 0.6 is 11.8 Å². The van der Waals surface area contributed by atoms with E-state index in [0.717, 1.165) is 16.2 Å². The SMILES string of the molecule is Cc1nc(CSc2ccc(F)cc2)ncc1[C@@H](C)O. The molecule has 5 heteroatoms. The highest BCUT2D eigenvalue weighted by molar-refractivity contribution is 7.98. The number of aliphatic hydroxyl groups excluding tert-OH is 1. The quantitative estimate of drug-likeness (QED) is 0.872. The van der Waals surface area contributed by atoms with E-state index < -0.39 is 6.10 Å². The van der Waals surface area contributed by atoms with Crippen LogP contribution in [0, 0.1) is 12.7 Å². The van der Waals surface area contributed by atoms with Crippen molar-refractivity contribution in [2.24, 2.45) is 0 Å². The molecule has 0 radical (unpaired) electrons. The topological polar surface area (TPSA) is 46.0 Å². The van der Waals surface area contributed by atoms with Crippen LogP contribution in [0.1, 0.15) is 30.1 Å². The zero-order chi connectivity index (χ0) is 13.8. The van der Waals surface area contributed by atoms with Gasteiger partial charge in [-0.15, -0.1) is 11.8 Å². The molecule has 0 spiro atoms. The number of thioether (sulfide) groups is 1. The van der Waals surface area contributed by atoms with E-state index >= 15 is 0 Å². The first kappa shape index (κ1) is 14.0. The van der Waals surface area contributed by atoms with Crippen molar-refractivity contribution in [2.45, 2.75) is 30.6 Å². The average molecular weight is 278 g/mol. The average Bonchev–Trinajstić information content (AvgIpc) is 2.37. The van der Waals surface area contributed by atoms with E-state index in [-0.39, 0.29) is 5.82 Å². The fourth-order valence-corrected chi connectivity index (χ4v) is 2.45. The molecule has 2 rings (SSSR count). The summed E-state index contributed by atoms with van der Waals surface area (Å²) in [7, 11) is 0. The van der Waals surface area contributed by atoms with Gasteiger partial charge in [0.1, 0.15) is 11.6 Å². The maximum absolute atomic E-state index is 12.8. The summed E-state index contributed by atoms with van der Waals surface area (Å²) in [5.74, 6) is 1.08. The molecule has 3 nitrogen and oxygen atoms in total. The second-order valence-electron chi connectivity index (χ2n) is 4.25. The molecule has 0 bridgehead atoms. The molecule has 1 N–H and O–H groups in total. The maximum atomic E-state index is 12.8. The monoisotopic (exact) mass is 278 g/mol. The zero-order valence-electron chi connectivity index (χ0n) is 10.8. The molecule has 0 unspecified atom stereocenters. The van der Waals surface area contributed by atoms with Crippen molar-refractivity contribution in [3.8, 4) is 0 Å². The van der Waals surface area contributed by atoms with Gasteiger partial charge in [-0.05, 0) is 38.1 Å². The largest absolute Gasteiger partial charge is 0.389 e. The van der Waals surface area contributed by atoms with Gasteiger partial charge in [0.2, 0.25) is 0 Å². The van der Waals surface area contributed by atoms with Crippen molar-refractivity contribution >= 4 is 11.8 Å². The van der Waals surface area contributed by atoms with Gasteiger partial charge in [0.15, 0.2) is 0 Å². The predicted molar refractivity (Wildman–Crippen MR) is 73.4 cm³/mol. The molecule has 100 valence electrons. The molecule has 0 saturated carbocycles. The molecule has 1 aromatic carbocycles. The van der Waals surface area contributed by atoms with Gasteiger partial charge in [0.05, 0.1) is 11.9 Å². The Morgan fingerprint density at radius 3 is 2.58 bits per heavy atom. The summed E-state index contributed by atoms with van der Waals surface area (Å²) < 4.78 is 12.8. The summed E-state index contributed by atoms with van der Waals surface area (Å²) in [6.07, 6.45) is 1.10. The Balaban J connectivity index is 2.04. The molecule has 1 aromatic heterocycles. The van der Waals surface area contributed by atoms with Gasteiger partial charge in [-0.2, -0.15) is 0 Å². The van der Waals surface area contributed by atoms with Crippen molar-refractivity contribution in [3.63, 3.8) is 0 Å². The van der Waals surface area contributed by atoms with E-state index in [9.17, 15) is 9.50 Å². The van der Waals surface area contributed by atoms with Gasteiger partial charge < -0.3 is 5.11 Å². The number of nitrogens with zero attached hydrogens (tertiary/aromatic N) is 2. The number of aryl methyl sites for hydroxylation is 1. The van der Waals surface area contributed by atoms with E-state index in [1.807, 2.05) is 6.92 Å². The van der Waals surface area contributed by atoms with E-state index in [2.05, 4.69) is 9.97 Å². The summed E-state index contributed by atoms with van der Waals surface area (Å²) in [5.41, 5.74) is 1.54. The Hall–Kier alpha value is -1.46. The van der Waals surface area contributed by atoms with Crippen LogP contribution in [0.3, 0.4) is 0 Å². The molecule has 1 atom stereocenters. The van der Waals surface area contributed by atoms with Gasteiger partial charge in [0, 0.05) is 22.3 Å². The minimum absolute atomic E-state index is 0.238. The zero-order valence-corrected chi connectivity index (χ0v) is 11.6. The summed E-state index contributed by atoms with van der Waals surface area (Å²) >= 11 is 1.55. The second kappa shape index (κ2) is 6.12. The maximum Gasteiger partial charge on any atom is 0.138 e. The first-order valence-electron chi connectivity index (χ1n) is 5.95. The lowest BCUT2D eigenvalue weighted by Gasteiger charge is -2.08. The van der Waals surface area contributed by atoms with Crippen LogP contribution in [0.25, 0.3) is 0 Å². The van der Waals surface area contributed by atoms with Gasteiger partial charge in [0.25, 0.3) is 0 Å². The van der Waals surface area contributed by atoms with Gasteiger partial charge in [-0.1, -0.05) is 0 Å². The molecule has 0 aliphatic heterocycles. The highest BCUT2D eigenvalue weighted by Crippen LogP contribution is 2.22. The highest BCUT2D eigenvalue weighted by Gasteiger charge is 2.08. The van der Waals surface area contributed by atoms with Crippen LogP contribution in [0.15, 0.2) is 35.4 Å². The smallest absolute Gasteiger partial charge is 0.138 e. The summed E-state index contributed by atoms with van der Waals surface area (Å²) in [6.45, 7) is 3.55. The lowest BCUT2D eigenvalue weighted by atomic mass is 10.1. The third kappa shape index (κ3) is 3.75. The molecule has 1 heterocycles. The lowest BCUT2D eigenvalue weighted by Crippen LogP contribution is -2.02. The molecular weight excluding hydrogens is 263 g/mol. The molecule has 2 aromatic rings. The fraction of sp³-hybridized carbons (Fsp3) is 0.286. The minimum Gasteiger partial charge on any atom is -0.389 e. The fourth-order valence-electron chi connectivity index (χ4n) is 1.68. The third-order valence-corrected chi connectivity index (χ3v) is 3.71. The number of hydrogen-bond donors (Lipinski definition) is 1. The Labute approximate surface area is 115 Å². The predicted octanol–water partition coefficient (Wildman–Crippen LogP) is 3.27. The number of rotatable bonds is 4. The molecule has 0 amide bonds. The molecule has 0 aliphatic rings.